The number of rotatable bonds is 4. The molecule has 0 atom stereocenters. The maximum atomic E-state index is 4.71. The summed E-state index contributed by atoms with van der Waals surface area (Å²) in [6.07, 6.45) is 1.05. The van der Waals surface area contributed by atoms with Crippen LogP contribution in [-0.4, -0.2) is 18.6 Å². The van der Waals surface area contributed by atoms with Crippen molar-refractivity contribution in [3.05, 3.63) is 59.7 Å². The third kappa shape index (κ3) is 2.83. The van der Waals surface area contributed by atoms with E-state index in [1.54, 1.807) is 11.3 Å². The monoisotopic (exact) mass is 282 g/mol. The molecule has 0 saturated carbocycles. The molecule has 0 bridgehead atoms. The van der Waals surface area contributed by atoms with Crippen LogP contribution in [0.15, 0.2) is 48.5 Å². The number of benzene rings is 2. The summed E-state index contributed by atoms with van der Waals surface area (Å²) in [5.41, 5.74) is 3.76. The molecule has 3 aromatic rings. The standard InChI is InChI=1S/C17H18N2S/c1-13-8-9-15-16(12-13)20-17(18-15)19(2)11-10-14-6-4-3-5-7-14/h3-9,12H,10-11H2,1-2H3. The van der Waals surface area contributed by atoms with Gasteiger partial charge in [0.15, 0.2) is 5.13 Å². The van der Waals surface area contributed by atoms with Gasteiger partial charge in [0.1, 0.15) is 0 Å². The first-order valence-electron chi connectivity index (χ1n) is 6.84. The maximum absolute atomic E-state index is 4.71. The minimum atomic E-state index is 0.989. The summed E-state index contributed by atoms with van der Waals surface area (Å²) in [6, 6.07) is 17.0. The van der Waals surface area contributed by atoms with Crippen LogP contribution in [0, 0.1) is 6.92 Å². The first-order valence-corrected chi connectivity index (χ1v) is 7.66. The molecule has 20 heavy (non-hydrogen) atoms. The Morgan fingerprint density at radius 1 is 1.10 bits per heavy atom. The summed E-state index contributed by atoms with van der Waals surface area (Å²) in [5, 5.41) is 1.10. The Morgan fingerprint density at radius 3 is 2.70 bits per heavy atom. The van der Waals surface area contributed by atoms with Gasteiger partial charge >= 0.3 is 0 Å². The molecule has 0 spiro atoms. The summed E-state index contributed by atoms with van der Waals surface area (Å²) in [5.74, 6) is 0. The molecule has 1 aromatic heterocycles. The van der Waals surface area contributed by atoms with E-state index in [1.807, 2.05) is 0 Å². The molecule has 0 aliphatic heterocycles. The normalized spacial score (nSPS) is 10.9. The lowest BCUT2D eigenvalue weighted by Crippen LogP contribution is -2.19. The predicted molar refractivity (Wildman–Crippen MR) is 87.8 cm³/mol. The molecule has 3 heteroatoms. The van der Waals surface area contributed by atoms with Crippen molar-refractivity contribution in [3.8, 4) is 0 Å². The van der Waals surface area contributed by atoms with Gasteiger partial charge in [0.2, 0.25) is 0 Å². The molecular weight excluding hydrogens is 264 g/mol. The second-order valence-electron chi connectivity index (χ2n) is 5.12. The van der Waals surface area contributed by atoms with Gasteiger partial charge in [-0.2, -0.15) is 0 Å². The van der Waals surface area contributed by atoms with Crippen LogP contribution in [0.25, 0.3) is 10.2 Å². The molecule has 0 N–H and O–H groups in total. The van der Waals surface area contributed by atoms with Crippen molar-refractivity contribution in [3.63, 3.8) is 0 Å². The van der Waals surface area contributed by atoms with Crippen LogP contribution in [0.2, 0.25) is 0 Å². The zero-order valence-corrected chi connectivity index (χ0v) is 12.7. The van der Waals surface area contributed by atoms with Crippen LogP contribution in [0.4, 0.5) is 5.13 Å². The number of nitrogens with zero attached hydrogens (tertiary/aromatic N) is 2. The van der Waals surface area contributed by atoms with E-state index >= 15 is 0 Å². The fraction of sp³-hybridized carbons (Fsp3) is 0.235. The van der Waals surface area contributed by atoms with Gasteiger partial charge < -0.3 is 4.90 Å². The first-order chi connectivity index (χ1) is 9.72. The third-order valence-electron chi connectivity index (χ3n) is 3.44. The van der Waals surface area contributed by atoms with E-state index in [-0.39, 0.29) is 0 Å². The summed E-state index contributed by atoms with van der Waals surface area (Å²) < 4.78 is 1.27. The first kappa shape index (κ1) is 13.1. The van der Waals surface area contributed by atoms with E-state index < -0.39 is 0 Å². The van der Waals surface area contributed by atoms with Gasteiger partial charge in [-0.05, 0) is 36.6 Å². The summed E-state index contributed by atoms with van der Waals surface area (Å²) in [6.45, 7) is 3.11. The van der Waals surface area contributed by atoms with Crippen molar-refractivity contribution in [1.82, 2.24) is 4.98 Å². The molecule has 0 aliphatic rings. The Balaban J connectivity index is 1.73. The van der Waals surface area contributed by atoms with Crippen molar-refractivity contribution >= 4 is 26.7 Å². The van der Waals surface area contributed by atoms with Gasteiger partial charge in [0.25, 0.3) is 0 Å². The van der Waals surface area contributed by atoms with Crippen LogP contribution in [0.3, 0.4) is 0 Å². The summed E-state index contributed by atoms with van der Waals surface area (Å²) in [7, 11) is 2.12. The quantitative estimate of drug-likeness (QED) is 0.710. The van der Waals surface area contributed by atoms with Crippen LogP contribution in [-0.2, 0) is 6.42 Å². The fourth-order valence-electron chi connectivity index (χ4n) is 2.22. The summed E-state index contributed by atoms with van der Waals surface area (Å²) >= 11 is 1.77. The van der Waals surface area contributed by atoms with Crippen LogP contribution < -0.4 is 4.90 Å². The van der Waals surface area contributed by atoms with Crippen molar-refractivity contribution in [1.29, 1.82) is 0 Å². The van der Waals surface area contributed by atoms with Gasteiger partial charge in [-0.15, -0.1) is 0 Å². The Hall–Kier alpha value is -1.87. The number of hydrogen-bond acceptors (Lipinski definition) is 3. The number of aryl methyl sites for hydroxylation is 1. The Labute approximate surface area is 123 Å². The van der Waals surface area contributed by atoms with Gasteiger partial charge in [0, 0.05) is 13.6 Å². The molecule has 0 fully saturated rings. The highest BCUT2D eigenvalue weighted by molar-refractivity contribution is 7.22. The maximum Gasteiger partial charge on any atom is 0.186 e. The topological polar surface area (TPSA) is 16.1 Å². The molecule has 102 valence electrons. The molecular formula is C17H18N2S. The van der Waals surface area contributed by atoms with Crippen molar-refractivity contribution < 1.29 is 0 Å². The molecule has 2 nitrogen and oxygen atoms in total. The fourth-order valence-corrected chi connectivity index (χ4v) is 3.27. The SMILES string of the molecule is Cc1ccc2nc(N(C)CCc3ccccc3)sc2c1. The number of fused-ring (bicyclic) bond motifs is 1. The predicted octanol–water partition coefficient (Wildman–Crippen LogP) is 4.28. The summed E-state index contributed by atoms with van der Waals surface area (Å²) in [4.78, 5) is 6.95. The second kappa shape index (κ2) is 5.63. The molecule has 0 saturated heterocycles. The molecule has 0 aliphatic carbocycles. The zero-order valence-electron chi connectivity index (χ0n) is 11.8. The van der Waals surface area contributed by atoms with Crippen LogP contribution >= 0.6 is 11.3 Å². The number of likely N-dealkylation sites (N-methyl/N-ethyl adjacent to an activating group) is 1. The Kier molecular flexibility index (Phi) is 3.70. The van der Waals surface area contributed by atoms with Gasteiger partial charge in [-0.25, -0.2) is 4.98 Å². The molecule has 0 unspecified atom stereocenters. The second-order valence-corrected chi connectivity index (χ2v) is 6.13. The molecule has 0 radical (unpaired) electrons. The zero-order chi connectivity index (χ0) is 13.9. The molecule has 0 amide bonds. The Morgan fingerprint density at radius 2 is 1.90 bits per heavy atom. The van der Waals surface area contributed by atoms with E-state index in [9.17, 15) is 0 Å². The minimum absolute atomic E-state index is 0.989. The smallest absolute Gasteiger partial charge is 0.186 e. The molecule has 1 heterocycles. The lowest BCUT2D eigenvalue weighted by atomic mass is 10.1. The highest BCUT2D eigenvalue weighted by Gasteiger charge is 2.08. The van der Waals surface area contributed by atoms with Gasteiger partial charge in [-0.1, -0.05) is 47.7 Å². The third-order valence-corrected chi connectivity index (χ3v) is 4.57. The average molecular weight is 282 g/mol. The van der Waals surface area contributed by atoms with E-state index in [1.165, 1.54) is 15.8 Å². The van der Waals surface area contributed by atoms with Crippen molar-refractivity contribution in [2.24, 2.45) is 0 Å². The minimum Gasteiger partial charge on any atom is -0.351 e. The van der Waals surface area contributed by atoms with E-state index in [2.05, 4.69) is 67.4 Å². The van der Waals surface area contributed by atoms with Gasteiger partial charge in [-0.3, -0.25) is 0 Å². The molecule has 2 aromatic carbocycles. The number of thiazole rings is 1. The molecule has 3 rings (SSSR count). The highest BCUT2D eigenvalue weighted by atomic mass is 32.1. The number of hydrogen-bond donors (Lipinski definition) is 0. The largest absolute Gasteiger partial charge is 0.351 e. The number of aromatic nitrogens is 1. The number of anilines is 1. The van der Waals surface area contributed by atoms with Crippen LogP contribution in [0.5, 0.6) is 0 Å². The van der Waals surface area contributed by atoms with E-state index in [0.29, 0.717) is 0 Å². The highest BCUT2D eigenvalue weighted by Crippen LogP contribution is 2.28. The van der Waals surface area contributed by atoms with Crippen molar-refractivity contribution in [2.75, 3.05) is 18.5 Å². The lowest BCUT2D eigenvalue weighted by molar-refractivity contribution is 0.873. The van der Waals surface area contributed by atoms with Gasteiger partial charge in [0.05, 0.1) is 10.2 Å². The Bertz CT molecular complexity index is 703. The van der Waals surface area contributed by atoms with E-state index in [4.69, 9.17) is 4.98 Å². The van der Waals surface area contributed by atoms with Crippen molar-refractivity contribution in [2.45, 2.75) is 13.3 Å². The average Bonchev–Trinajstić information content (AvgIpc) is 2.89. The van der Waals surface area contributed by atoms with Crippen LogP contribution in [0.1, 0.15) is 11.1 Å². The van der Waals surface area contributed by atoms with E-state index in [0.717, 1.165) is 23.6 Å². The lowest BCUT2D eigenvalue weighted by Gasteiger charge is -2.15.